The Bertz CT molecular complexity index is 352. The summed E-state index contributed by atoms with van der Waals surface area (Å²) in [5.41, 5.74) is 4.54. The summed E-state index contributed by atoms with van der Waals surface area (Å²) < 4.78 is 30.4. The van der Waals surface area contributed by atoms with Crippen LogP contribution in [0.15, 0.2) is 18.3 Å². The number of carbonyl (C=O) groups is 1. The van der Waals surface area contributed by atoms with E-state index in [0.717, 1.165) is 12.3 Å². The highest BCUT2D eigenvalue weighted by molar-refractivity contribution is 5.88. The van der Waals surface area contributed by atoms with Gasteiger partial charge in [-0.25, -0.2) is 4.79 Å². The van der Waals surface area contributed by atoms with Gasteiger partial charge in [0.05, 0.1) is 19.2 Å². The van der Waals surface area contributed by atoms with Crippen molar-refractivity contribution in [1.82, 2.24) is 4.98 Å². The van der Waals surface area contributed by atoms with Gasteiger partial charge >= 0.3 is 11.9 Å². The predicted octanol–water partition coefficient (Wildman–Crippen LogP) is 0.919. The van der Waals surface area contributed by atoms with Gasteiger partial charge in [-0.1, -0.05) is 0 Å². The first-order chi connectivity index (χ1) is 7.01. The van der Waals surface area contributed by atoms with Gasteiger partial charge in [0.25, 0.3) is 0 Å². The molecular formula is C9H10F2N2O2. The molecule has 82 valence electrons. The summed E-state index contributed by atoms with van der Waals surface area (Å²) in [7, 11) is 1.20. The van der Waals surface area contributed by atoms with E-state index in [4.69, 9.17) is 5.73 Å². The molecule has 0 aliphatic carbocycles. The molecule has 1 rings (SSSR count). The second-order valence-corrected chi connectivity index (χ2v) is 2.83. The number of nitrogens with zero attached hydrogens (tertiary/aromatic N) is 1. The molecule has 1 aromatic heterocycles. The molecule has 1 aromatic rings. The van der Waals surface area contributed by atoms with Crippen LogP contribution >= 0.6 is 0 Å². The summed E-state index contributed by atoms with van der Waals surface area (Å²) in [6, 6.07) is 2.27. The van der Waals surface area contributed by atoms with Crippen LogP contribution < -0.4 is 5.73 Å². The number of hydrogen-bond acceptors (Lipinski definition) is 4. The maximum atomic E-state index is 13.0. The third-order valence-corrected chi connectivity index (χ3v) is 1.82. The quantitative estimate of drug-likeness (QED) is 0.763. The maximum Gasteiger partial charge on any atom is 0.339 e. The molecule has 0 saturated carbocycles. The molecule has 0 radical (unpaired) electrons. The zero-order chi connectivity index (χ0) is 11.5. The molecule has 0 amide bonds. The molecule has 2 N–H and O–H groups in total. The Labute approximate surface area is 85.1 Å². The monoisotopic (exact) mass is 216 g/mol. The Morgan fingerprint density at radius 2 is 2.27 bits per heavy atom. The molecule has 0 bridgehead atoms. The zero-order valence-electron chi connectivity index (χ0n) is 8.04. The van der Waals surface area contributed by atoms with Crippen LogP contribution in [-0.4, -0.2) is 24.6 Å². The van der Waals surface area contributed by atoms with Crippen LogP contribution in [0.4, 0.5) is 8.78 Å². The van der Waals surface area contributed by atoms with Crippen LogP contribution in [-0.2, 0) is 10.7 Å². The second-order valence-electron chi connectivity index (χ2n) is 2.83. The molecule has 0 aliphatic heterocycles. The summed E-state index contributed by atoms with van der Waals surface area (Å²) in [5, 5.41) is 0. The zero-order valence-corrected chi connectivity index (χ0v) is 8.04. The summed E-state index contributed by atoms with van der Waals surface area (Å²) in [5.74, 6) is -3.79. The van der Waals surface area contributed by atoms with E-state index in [0.29, 0.717) is 0 Å². The van der Waals surface area contributed by atoms with E-state index in [9.17, 15) is 13.6 Å². The van der Waals surface area contributed by atoms with Gasteiger partial charge in [0.15, 0.2) is 0 Å². The predicted molar refractivity (Wildman–Crippen MR) is 48.5 cm³/mol. The Morgan fingerprint density at radius 1 is 1.60 bits per heavy atom. The molecule has 0 fully saturated rings. The van der Waals surface area contributed by atoms with Gasteiger partial charge < -0.3 is 10.5 Å². The van der Waals surface area contributed by atoms with Gasteiger partial charge in [-0.3, -0.25) is 4.98 Å². The van der Waals surface area contributed by atoms with E-state index in [2.05, 4.69) is 9.72 Å². The van der Waals surface area contributed by atoms with Gasteiger partial charge in [-0.05, 0) is 12.1 Å². The first kappa shape index (κ1) is 11.5. The van der Waals surface area contributed by atoms with Crippen LogP contribution in [0.3, 0.4) is 0 Å². The third kappa shape index (κ3) is 2.47. The number of methoxy groups -OCH3 is 1. The Morgan fingerprint density at radius 3 is 2.67 bits per heavy atom. The van der Waals surface area contributed by atoms with Gasteiger partial charge in [-0.2, -0.15) is 8.78 Å². The first-order valence-electron chi connectivity index (χ1n) is 4.14. The summed E-state index contributed by atoms with van der Waals surface area (Å²) in [6.07, 6.45) is 1.03. The molecule has 0 aromatic carbocycles. The van der Waals surface area contributed by atoms with Crippen LogP contribution in [0.2, 0.25) is 0 Å². The lowest BCUT2D eigenvalue weighted by molar-refractivity contribution is 0.00128. The van der Waals surface area contributed by atoms with E-state index < -0.39 is 24.1 Å². The summed E-state index contributed by atoms with van der Waals surface area (Å²) in [6.45, 7) is -0.822. The van der Waals surface area contributed by atoms with Crippen molar-refractivity contribution in [1.29, 1.82) is 0 Å². The van der Waals surface area contributed by atoms with Crippen molar-refractivity contribution < 1.29 is 18.3 Å². The van der Waals surface area contributed by atoms with E-state index in [1.165, 1.54) is 13.2 Å². The van der Waals surface area contributed by atoms with E-state index in [1.807, 2.05) is 0 Å². The Kier molecular flexibility index (Phi) is 3.31. The van der Waals surface area contributed by atoms with Crippen molar-refractivity contribution in [2.45, 2.75) is 5.92 Å². The summed E-state index contributed by atoms with van der Waals surface area (Å²) in [4.78, 5) is 14.4. The second kappa shape index (κ2) is 4.31. The normalized spacial score (nSPS) is 11.2. The number of aromatic nitrogens is 1. The molecule has 0 aliphatic rings. The van der Waals surface area contributed by atoms with Gasteiger partial charge in [0.1, 0.15) is 5.69 Å². The van der Waals surface area contributed by atoms with Crippen LogP contribution in [0, 0.1) is 0 Å². The average molecular weight is 216 g/mol. The fourth-order valence-electron chi connectivity index (χ4n) is 0.953. The molecule has 0 saturated heterocycles. The largest absolute Gasteiger partial charge is 0.465 e. The minimum absolute atomic E-state index is 0.120. The smallest absolute Gasteiger partial charge is 0.339 e. The number of rotatable bonds is 3. The molecule has 1 heterocycles. The highest BCUT2D eigenvalue weighted by Crippen LogP contribution is 2.24. The standard InChI is InChI=1S/C9H10F2N2O2/c1-15-8(14)6-2-3-7(13-4-6)9(10,11)5-12/h2-4H,5,12H2,1H3. The number of esters is 1. The first-order valence-corrected chi connectivity index (χ1v) is 4.14. The van der Waals surface area contributed by atoms with E-state index in [1.54, 1.807) is 0 Å². The van der Waals surface area contributed by atoms with Crippen molar-refractivity contribution >= 4 is 5.97 Å². The molecule has 6 heteroatoms. The van der Waals surface area contributed by atoms with Gasteiger partial charge in [-0.15, -0.1) is 0 Å². The highest BCUT2D eigenvalue weighted by atomic mass is 19.3. The minimum atomic E-state index is -3.17. The van der Waals surface area contributed by atoms with Gasteiger partial charge in [0, 0.05) is 6.20 Å². The van der Waals surface area contributed by atoms with Crippen LogP contribution in [0.1, 0.15) is 16.1 Å². The number of pyridine rings is 1. The number of halogens is 2. The Balaban J connectivity index is 2.95. The van der Waals surface area contributed by atoms with Gasteiger partial charge in [0.2, 0.25) is 0 Å². The number of carbonyl (C=O) groups excluding carboxylic acids is 1. The third-order valence-electron chi connectivity index (χ3n) is 1.82. The van der Waals surface area contributed by atoms with E-state index >= 15 is 0 Å². The van der Waals surface area contributed by atoms with Crippen LogP contribution in [0.25, 0.3) is 0 Å². The topological polar surface area (TPSA) is 65.2 Å². The summed E-state index contributed by atoms with van der Waals surface area (Å²) >= 11 is 0. The van der Waals surface area contributed by atoms with Crippen molar-refractivity contribution in [3.8, 4) is 0 Å². The number of nitrogens with two attached hydrogens (primary N) is 1. The van der Waals surface area contributed by atoms with Crippen molar-refractivity contribution in [3.05, 3.63) is 29.6 Å². The highest BCUT2D eigenvalue weighted by Gasteiger charge is 2.31. The molecular weight excluding hydrogens is 206 g/mol. The lowest BCUT2D eigenvalue weighted by Crippen LogP contribution is -2.26. The maximum absolute atomic E-state index is 13.0. The molecule has 0 spiro atoms. The number of ether oxygens (including phenoxy) is 1. The number of alkyl halides is 2. The average Bonchev–Trinajstić information content (AvgIpc) is 2.28. The lowest BCUT2D eigenvalue weighted by atomic mass is 10.2. The molecule has 15 heavy (non-hydrogen) atoms. The fraction of sp³-hybridized carbons (Fsp3) is 0.333. The molecule has 0 unspecified atom stereocenters. The SMILES string of the molecule is COC(=O)c1ccc(C(F)(F)CN)nc1. The van der Waals surface area contributed by atoms with Crippen molar-refractivity contribution in [2.24, 2.45) is 5.73 Å². The van der Waals surface area contributed by atoms with Crippen molar-refractivity contribution in [2.75, 3.05) is 13.7 Å². The lowest BCUT2D eigenvalue weighted by Gasteiger charge is -2.12. The number of hydrogen-bond donors (Lipinski definition) is 1. The van der Waals surface area contributed by atoms with Crippen molar-refractivity contribution in [3.63, 3.8) is 0 Å². The van der Waals surface area contributed by atoms with E-state index in [-0.39, 0.29) is 5.56 Å². The molecule has 4 nitrogen and oxygen atoms in total. The molecule has 0 atom stereocenters. The Hall–Kier alpha value is -1.56. The van der Waals surface area contributed by atoms with Crippen LogP contribution in [0.5, 0.6) is 0 Å². The fourth-order valence-corrected chi connectivity index (χ4v) is 0.953. The minimum Gasteiger partial charge on any atom is -0.465 e.